The number of nitrogens with zero attached hydrogens (tertiary/aromatic N) is 2. The van der Waals surface area contributed by atoms with Crippen LogP contribution in [-0.4, -0.2) is 73.7 Å². The first-order valence-corrected chi connectivity index (χ1v) is 7.85. The smallest absolute Gasteiger partial charge is 0.242 e. The van der Waals surface area contributed by atoms with Crippen molar-refractivity contribution in [3.63, 3.8) is 0 Å². The Morgan fingerprint density at radius 3 is 2.65 bits per heavy atom. The lowest BCUT2D eigenvalue weighted by atomic mass is 9.99. The third kappa shape index (κ3) is 3.71. The van der Waals surface area contributed by atoms with Gasteiger partial charge in [-0.3, -0.25) is 9.69 Å². The zero-order valence-electron chi connectivity index (χ0n) is 13.2. The van der Waals surface area contributed by atoms with Gasteiger partial charge >= 0.3 is 0 Å². The molecule has 1 unspecified atom stereocenters. The van der Waals surface area contributed by atoms with Crippen molar-refractivity contribution in [2.75, 3.05) is 46.4 Å². The van der Waals surface area contributed by atoms with E-state index in [2.05, 4.69) is 10.2 Å². The molecule has 0 aromatic rings. The maximum absolute atomic E-state index is 12.7. The summed E-state index contributed by atoms with van der Waals surface area (Å²) in [5.74, 6) is 0.202. The molecule has 1 atom stereocenters. The van der Waals surface area contributed by atoms with E-state index in [0.29, 0.717) is 6.54 Å². The standard InChI is InChI=1S/C15H29N3O2/c1-15(2,18-9-7-16-8-10-18)14(19)17(3)12-13-6-4-5-11-20-13/h13,16H,4-12H2,1-3H3. The molecule has 0 aromatic heterocycles. The Labute approximate surface area is 122 Å². The van der Waals surface area contributed by atoms with Gasteiger partial charge < -0.3 is 15.0 Å². The monoisotopic (exact) mass is 283 g/mol. The van der Waals surface area contributed by atoms with Crippen LogP contribution in [0.2, 0.25) is 0 Å². The molecule has 2 rings (SSSR count). The number of ether oxygens (including phenoxy) is 1. The second kappa shape index (κ2) is 6.87. The first-order chi connectivity index (χ1) is 9.51. The van der Waals surface area contributed by atoms with Crippen LogP contribution in [0.5, 0.6) is 0 Å². The number of amides is 1. The SMILES string of the molecule is CN(CC1CCCCO1)C(=O)C(C)(C)N1CCNCC1. The highest BCUT2D eigenvalue weighted by Gasteiger charge is 2.37. The number of carbonyl (C=O) groups excluding carboxylic acids is 1. The van der Waals surface area contributed by atoms with Crippen molar-refractivity contribution in [3.8, 4) is 0 Å². The molecule has 0 radical (unpaired) electrons. The van der Waals surface area contributed by atoms with Gasteiger partial charge in [-0.1, -0.05) is 0 Å². The van der Waals surface area contributed by atoms with Crippen molar-refractivity contribution in [2.45, 2.75) is 44.8 Å². The first kappa shape index (κ1) is 15.7. The predicted octanol–water partition coefficient (Wildman–Crippen LogP) is 0.698. The lowest BCUT2D eigenvalue weighted by Gasteiger charge is -2.42. The van der Waals surface area contributed by atoms with Crippen LogP contribution < -0.4 is 5.32 Å². The fourth-order valence-corrected chi connectivity index (χ4v) is 3.17. The lowest BCUT2D eigenvalue weighted by Crippen LogP contribution is -2.60. The van der Waals surface area contributed by atoms with Crippen LogP contribution >= 0.6 is 0 Å². The van der Waals surface area contributed by atoms with E-state index < -0.39 is 5.54 Å². The molecule has 2 heterocycles. The number of rotatable bonds is 4. The molecule has 0 aromatic carbocycles. The predicted molar refractivity (Wildman–Crippen MR) is 79.7 cm³/mol. The van der Waals surface area contributed by atoms with Crippen molar-refractivity contribution in [3.05, 3.63) is 0 Å². The number of piperazine rings is 1. The van der Waals surface area contributed by atoms with Gasteiger partial charge in [0, 0.05) is 46.4 Å². The Bertz CT molecular complexity index is 321. The van der Waals surface area contributed by atoms with Crippen molar-refractivity contribution >= 4 is 5.91 Å². The number of hydrogen-bond donors (Lipinski definition) is 1. The minimum absolute atomic E-state index is 0.202. The summed E-state index contributed by atoms with van der Waals surface area (Å²) in [7, 11) is 1.91. The molecule has 0 aliphatic carbocycles. The van der Waals surface area contributed by atoms with Crippen molar-refractivity contribution < 1.29 is 9.53 Å². The maximum atomic E-state index is 12.7. The average Bonchev–Trinajstić information content (AvgIpc) is 2.48. The van der Waals surface area contributed by atoms with E-state index in [4.69, 9.17) is 4.74 Å². The summed E-state index contributed by atoms with van der Waals surface area (Å²) in [6.45, 7) is 9.44. The van der Waals surface area contributed by atoms with E-state index >= 15 is 0 Å². The molecule has 20 heavy (non-hydrogen) atoms. The minimum Gasteiger partial charge on any atom is -0.376 e. The topological polar surface area (TPSA) is 44.8 Å². The average molecular weight is 283 g/mol. The van der Waals surface area contributed by atoms with Crippen LogP contribution in [0.15, 0.2) is 0 Å². The zero-order chi connectivity index (χ0) is 14.6. The summed E-state index contributed by atoms with van der Waals surface area (Å²) >= 11 is 0. The summed E-state index contributed by atoms with van der Waals surface area (Å²) in [5, 5.41) is 3.33. The van der Waals surface area contributed by atoms with Crippen molar-refractivity contribution in [1.29, 1.82) is 0 Å². The summed E-state index contributed by atoms with van der Waals surface area (Å²) in [5.41, 5.74) is -0.425. The van der Waals surface area contributed by atoms with E-state index in [-0.39, 0.29) is 12.0 Å². The van der Waals surface area contributed by atoms with Gasteiger partial charge in [-0.2, -0.15) is 0 Å². The van der Waals surface area contributed by atoms with Crippen LogP contribution in [0.1, 0.15) is 33.1 Å². The van der Waals surface area contributed by atoms with Gasteiger partial charge in [0.25, 0.3) is 0 Å². The first-order valence-electron chi connectivity index (χ1n) is 7.85. The summed E-state index contributed by atoms with van der Waals surface area (Å²) in [6.07, 6.45) is 3.66. The molecule has 0 bridgehead atoms. The highest BCUT2D eigenvalue weighted by Crippen LogP contribution is 2.20. The Morgan fingerprint density at radius 1 is 1.35 bits per heavy atom. The van der Waals surface area contributed by atoms with Gasteiger partial charge in [-0.25, -0.2) is 0 Å². The molecule has 2 fully saturated rings. The van der Waals surface area contributed by atoms with Gasteiger partial charge in [0.15, 0.2) is 0 Å². The molecular weight excluding hydrogens is 254 g/mol. The third-order valence-corrected chi connectivity index (χ3v) is 4.53. The highest BCUT2D eigenvalue weighted by atomic mass is 16.5. The molecule has 0 saturated carbocycles. The lowest BCUT2D eigenvalue weighted by molar-refractivity contribution is -0.144. The van der Waals surface area contributed by atoms with E-state index in [1.54, 1.807) is 0 Å². The number of hydrogen-bond acceptors (Lipinski definition) is 4. The minimum atomic E-state index is -0.425. The normalized spacial score (nSPS) is 25.4. The molecule has 1 amide bonds. The quantitative estimate of drug-likeness (QED) is 0.825. The molecule has 5 nitrogen and oxygen atoms in total. The molecule has 1 N–H and O–H groups in total. The van der Waals surface area contributed by atoms with E-state index in [0.717, 1.165) is 45.6 Å². The van der Waals surface area contributed by atoms with Gasteiger partial charge in [-0.05, 0) is 33.1 Å². The van der Waals surface area contributed by atoms with Gasteiger partial charge in [0.1, 0.15) is 0 Å². The van der Waals surface area contributed by atoms with Crippen LogP contribution in [0, 0.1) is 0 Å². The largest absolute Gasteiger partial charge is 0.376 e. The van der Waals surface area contributed by atoms with Crippen LogP contribution in [0.4, 0.5) is 0 Å². The zero-order valence-corrected chi connectivity index (χ0v) is 13.2. The highest BCUT2D eigenvalue weighted by molar-refractivity contribution is 5.85. The summed E-state index contributed by atoms with van der Waals surface area (Å²) < 4.78 is 5.74. The second-order valence-electron chi connectivity index (χ2n) is 6.47. The van der Waals surface area contributed by atoms with Gasteiger partial charge in [0.2, 0.25) is 5.91 Å². The Morgan fingerprint density at radius 2 is 2.05 bits per heavy atom. The molecule has 2 saturated heterocycles. The summed E-state index contributed by atoms with van der Waals surface area (Å²) in [6, 6.07) is 0. The molecule has 116 valence electrons. The summed E-state index contributed by atoms with van der Waals surface area (Å²) in [4.78, 5) is 16.9. The van der Waals surface area contributed by atoms with Crippen LogP contribution in [0.25, 0.3) is 0 Å². The van der Waals surface area contributed by atoms with Crippen LogP contribution in [0.3, 0.4) is 0 Å². The number of carbonyl (C=O) groups is 1. The molecule has 2 aliphatic heterocycles. The van der Waals surface area contributed by atoms with Crippen LogP contribution in [-0.2, 0) is 9.53 Å². The maximum Gasteiger partial charge on any atom is 0.242 e. The van der Waals surface area contributed by atoms with E-state index in [9.17, 15) is 4.79 Å². The second-order valence-corrected chi connectivity index (χ2v) is 6.47. The van der Waals surface area contributed by atoms with E-state index in [1.165, 1.54) is 6.42 Å². The van der Waals surface area contributed by atoms with E-state index in [1.807, 2.05) is 25.8 Å². The number of nitrogens with one attached hydrogen (secondary N) is 1. The fraction of sp³-hybridized carbons (Fsp3) is 0.933. The van der Waals surface area contributed by atoms with Gasteiger partial charge in [-0.15, -0.1) is 0 Å². The molecule has 0 spiro atoms. The fourth-order valence-electron chi connectivity index (χ4n) is 3.17. The molecular formula is C15H29N3O2. The Kier molecular flexibility index (Phi) is 5.41. The van der Waals surface area contributed by atoms with Crippen molar-refractivity contribution in [1.82, 2.24) is 15.1 Å². The Hall–Kier alpha value is -0.650. The number of likely N-dealkylation sites (N-methyl/N-ethyl adjacent to an activating group) is 1. The third-order valence-electron chi connectivity index (χ3n) is 4.53. The molecule has 2 aliphatic rings. The van der Waals surface area contributed by atoms with Gasteiger partial charge in [0.05, 0.1) is 11.6 Å². The molecule has 5 heteroatoms. The van der Waals surface area contributed by atoms with Crippen molar-refractivity contribution in [2.24, 2.45) is 0 Å². The Balaban J connectivity index is 1.90.